The van der Waals surface area contributed by atoms with Gasteiger partial charge in [-0.25, -0.2) is 4.79 Å². The normalized spacial score (nSPS) is 9.76. The minimum absolute atomic E-state index is 0.318. The molecule has 3 heteroatoms. The number of likely N-dealkylation sites (N-methyl/N-ethyl adjacent to an activating group) is 1. The van der Waals surface area contributed by atoms with E-state index < -0.39 is 0 Å². The number of carbonyl (C=O) groups excluding carboxylic acids is 1. The lowest BCUT2D eigenvalue weighted by molar-refractivity contribution is -0.138. The summed E-state index contributed by atoms with van der Waals surface area (Å²) in [5.41, 5.74) is 1.57. The van der Waals surface area contributed by atoms with Crippen LogP contribution in [0.15, 0.2) is 42.5 Å². The molecule has 92 valence electrons. The Balaban J connectivity index is 2.65. The number of hydrogen-bond acceptors (Lipinski definition) is 3. The van der Waals surface area contributed by atoms with Crippen molar-refractivity contribution in [1.82, 2.24) is 0 Å². The lowest BCUT2D eigenvalue weighted by Crippen LogP contribution is -2.28. The summed E-state index contributed by atoms with van der Waals surface area (Å²) in [6.45, 7) is 9.31. The molecule has 0 radical (unpaired) electrons. The van der Waals surface area contributed by atoms with Crippen LogP contribution in [0.25, 0.3) is 0 Å². The second kappa shape index (κ2) is 6.74. The Kier molecular flexibility index (Phi) is 5.27. The van der Waals surface area contributed by atoms with Gasteiger partial charge in [0.1, 0.15) is 0 Å². The van der Waals surface area contributed by atoms with Crippen molar-refractivity contribution in [2.24, 2.45) is 0 Å². The molecule has 0 heterocycles. The molecule has 0 fully saturated rings. The van der Waals surface area contributed by atoms with Crippen molar-refractivity contribution in [3.8, 4) is 0 Å². The zero-order chi connectivity index (χ0) is 12.7. The van der Waals surface area contributed by atoms with Crippen LogP contribution in [-0.4, -0.2) is 25.7 Å². The van der Waals surface area contributed by atoms with Gasteiger partial charge in [0.2, 0.25) is 0 Å². The first kappa shape index (κ1) is 13.3. The molecule has 0 saturated heterocycles. The fourth-order valence-electron chi connectivity index (χ4n) is 1.55. The zero-order valence-corrected chi connectivity index (χ0v) is 10.5. The number of rotatable bonds is 6. The highest BCUT2D eigenvalue weighted by atomic mass is 16.5. The van der Waals surface area contributed by atoms with Gasteiger partial charge in [0, 0.05) is 24.4 Å². The number of para-hydroxylation sites is 1. The minimum Gasteiger partial charge on any atom is -0.463 e. The summed E-state index contributed by atoms with van der Waals surface area (Å²) >= 11 is 0. The third-order valence-corrected chi connectivity index (χ3v) is 2.45. The Morgan fingerprint density at radius 2 is 1.94 bits per heavy atom. The van der Waals surface area contributed by atoms with E-state index in [0.717, 1.165) is 12.2 Å². The Bertz CT molecular complexity index is 373. The van der Waals surface area contributed by atoms with Crippen molar-refractivity contribution in [3.63, 3.8) is 0 Å². The molecule has 0 aliphatic rings. The van der Waals surface area contributed by atoms with E-state index in [0.29, 0.717) is 18.7 Å². The van der Waals surface area contributed by atoms with Crippen molar-refractivity contribution in [1.29, 1.82) is 0 Å². The van der Waals surface area contributed by atoms with Gasteiger partial charge in [-0.15, -0.1) is 0 Å². The third-order valence-electron chi connectivity index (χ3n) is 2.45. The number of anilines is 1. The van der Waals surface area contributed by atoms with Gasteiger partial charge < -0.3 is 9.64 Å². The summed E-state index contributed by atoms with van der Waals surface area (Å²) in [5.74, 6) is -0.318. The van der Waals surface area contributed by atoms with Gasteiger partial charge in [0.25, 0.3) is 0 Å². The molecule has 0 saturated carbocycles. The van der Waals surface area contributed by atoms with E-state index >= 15 is 0 Å². The molecule has 17 heavy (non-hydrogen) atoms. The van der Waals surface area contributed by atoms with Crippen molar-refractivity contribution < 1.29 is 9.53 Å². The van der Waals surface area contributed by atoms with E-state index in [2.05, 4.69) is 11.5 Å². The van der Waals surface area contributed by atoms with Crippen LogP contribution >= 0.6 is 0 Å². The first-order valence-corrected chi connectivity index (χ1v) is 5.83. The molecule has 0 N–H and O–H groups in total. The second-order valence-corrected chi connectivity index (χ2v) is 3.67. The van der Waals surface area contributed by atoms with Gasteiger partial charge >= 0.3 is 5.97 Å². The molecule has 0 bridgehead atoms. The Hall–Kier alpha value is -1.77. The number of esters is 1. The lowest BCUT2D eigenvalue weighted by atomic mass is 10.2. The second-order valence-electron chi connectivity index (χ2n) is 3.67. The van der Waals surface area contributed by atoms with Crippen molar-refractivity contribution in [3.05, 3.63) is 42.5 Å². The lowest BCUT2D eigenvalue weighted by Gasteiger charge is -2.23. The molecule has 0 amide bonds. The van der Waals surface area contributed by atoms with Crippen molar-refractivity contribution in [2.45, 2.75) is 13.8 Å². The monoisotopic (exact) mass is 233 g/mol. The molecule has 0 aliphatic carbocycles. The van der Waals surface area contributed by atoms with Crippen LogP contribution in [0.4, 0.5) is 5.69 Å². The van der Waals surface area contributed by atoms with Crippen LogP contribution in [0.3, 0.4) is 0 Å². The summed E-state index contributed by atoms with van der Waals surface area (Å²) in [4.78, 5) is 13.6. The Morgan fingerprint density at radius 1 is 1.29 bits per heavy atom. The van der Waals surface area contributed by atoms with E-state index in [1.165, 1.54) is 0 Å². The number of benzene rings is 1. The first-order valence-electron chi connectivity index (χ1n) is 5.83. The standard InChI is InChI=1S/C14H19NO2/c1-4-15(13-9-7-6-8-10-13)11-12(3)14(16)17-5-2/h6-10H,3-5,11H2,1-2H3. The molecule has 0 aliphatic heterocycles. The summed E-state index contributed by atoms with van der Waals surface area (Å²) in [5, 5.41) is 0. The highest BCUT2D eigenvalue weighted by Gasteiger charge is 2.12. The fourth-order valence-corrected chi connectivity index (χ4v) is 1.55. The summed E-state index contributed by atoms with van der Waals surface area (Å²) in [6, 6.07) is 9.96. The number of nitrogens with zero attached hydrogens (tertiary/aromatic N) is 1. The molecule has 1 aromatic carbocycles. The summed E-state index contributed by atoms with van der Waals surface area (Å²) in [7, 11) is 0. The number of hydrogen-bond donors (Lipinski definition) is 0. The molecule has 0 unspecified atom stereocenters. The van der Waals surface area contributed by atoms with Crippen molar-refractivity contribution in [2.75, 3.05) is 24.6 Å². The Labute approximate surface area is 103 Å². The molecule has 0 spiro atoms. The zero-order valence-electron chi connectivity index (χ0n) is 10.5. The van der Waals surface area contributed by atoms with Crippen LogP contribution < -0.4 is 4.90 Å². The van der Waals surface area contributed by atoms with Gasteiger partial charge in [-0.1, -0.05) is 24.8 Å². The van der Waals surface area contributed by atoms with E-state index in [1.54, 1.807) is 6.92 Å². The van der Waals surface area contributed by atoms with E-state index in [-0.39, 0.29) is 5.97 Å². The maximum absolute atomic E-state index is 11.5. The highest BCUT2D eigenvalue weighted by Crippen LogP contribution is 2.14. The van der Waals surface area contributed by atoms with Crippen molar-refractivity contribution >= 4 is 11.7 Å². The molecule has 3 nitrogen and oxygen atoms in total. The van der Waals surface area contributed by atoms with Crippen LogP contribution in [0.2, 0.25) is 0 Å². The van der Waals surface area contributed by atoms with Gasteiger partial charge in [-0.3, -0.25) is 0 Å². The average molecular weight is 233 g/mol. The largest absolute Gasteiger partial charge is 0.463 e. The van der Waals surface area contributed by atoms with Crippen LogP contribution in [-0.2, 0) is 9.53 Å². The predicted octanol–water partition coefficient (Wildman–Crippen LogP) is 2.63. The first-order chi connectivity index (χ1) is 8.19. The molecule has 1 aromatic rings. The number of ether oxygens (including phenoxy) is 1. The van der Waals surface area contributed by atoms with E-state index in [9.17, 15) is 4.79 Å². The molecule has 0 atom stereocenters. The van der Waals surface area contributed by atoms with Gasteiger partial charge in [-0.2, -0.15) is 0 Å². The number of carbonyl (C=O) groups is 1. The molecular weight excluding hydrogens is 214 g/mol. The van der Waals surface area contributed by atoms with Gasteiger partial charge in [0.05, 0.1) is 6.61 Å². The van der Waals surface area contributed by atoms with E-state index in [4.69, 9.17) is 4.74 Å². The third kappa shape index (κ3) is 3.94. The smallest absolute Gasteiger partial charge is 0.335 e. The van der Waals surface area contributed by atoms with Gasteiger partial charge in [0.15, 0.2) is 0 Å². The van der Waals surface area contributed by atoms with Crippen LogP contribution in [0, 0.1) is 0 Å². The maximum Gasteiger partial charge on any atom is 0.335 e. The SMILES string of the molecule is C=C(CN(CC)c1ccccc1)C(=O)OCC. The fraction of sp³-hybridized carbons (Fsp3) is 0.357. The van der Waals surface area contributed by atoms with E-state index in [1.807, 2.05) is 37.3 Å². The molecule has 1 rings (SSSR count). The topological polar surface area (TPSA) is 29.5 Å². The Morgan fingerprint density at radius 3 is 2.47 bits per heavy atom. The molecular formula is C14H19NO2. The van der Waals surface area contributed by atoms with Crippen LogP contribution in [0.1, 0.15) is 13.8 Å². The summed E-state index contributed by atoms with van der Waals surface area (Å²) < 4.78 is 4.92. The highest BCUT2D eigenvalue weighted by molar-refractivity contribution is 5.88. The summed E-state index contributed by atoms with van der Waals surface area (Å²) in [6.07, 6.45) is 0. The minimum atomic E-state index is -0.318. The quantitative estimate of drug-likeness (QED) is 0.559. The average Bonchev–Trinajstić information content (AvgIpc) is 2.37. The maximum atomic E-state index is 11.5. The molecule has 0 aromatic heterocycles. The predicted molar refractivity (Wildman–Crippen MR) is 70.1 cm³/mol. The van der Waals surface area contributed by atoms with Crippen LogP contribution in [0.5, 0.6) is 0 Å². The van der Waals surface area contributed by atoms with Gasteiger partial charge in [-0.05, 0) is 26.0 Å².